The molecule has 1 N–H and O–H groups in total. The SMILES string of the molecule is Brc1cscc1C1CCCNCC1. The zero-order chi connectivity index (χ0) is 9.10. The fourth-order valence-electron chi connectivity index (χ4n) is 1.91. The van der Waals surface area contributed by atoms with Crippen molar-refractivity contribution in [2.75, 3.05) is 13.1 Å². The smallest absolute Gasteiger partial charge is 0.0317 e. The Hall–Kier alpha value is 0.140. The summed E-state index contributed by atoms with van der Waals surface area (Å²) >= 11 is 5.42. The first-order chi connectivity index (χ1) is 6.38. The van der Waals surface area contributed by atoms with Gasteiger partial charge in [0.1, 0.15) is 0 Å². The van der Waals surface area contributed by atoms with Crippen molar-refractivity contribution in [3.8, 4) is 0 Å². The van der Waals surface area contributed by atoms with E-state index in [1.54, 1.807) is 11.3 Å². The first kappa shape index (κ1) is 9.69. The molecule has 1 aliphatic heterocycles. The van der Waals surface area contributed by atoms with E-state index >= 15 is 0 Å². The predicted molar refractivity (Wildman–Crippen MR) is 61.5 cm³/mol. The Morgan fingerprint density at radius 2 is 2.23 bits per heavy atom. The summed E-state index contributed by atoms with van der Waals surface area (Å²) in [6.07, 6.45) is 3.94. The molecular weight excluding hydrogens is 246 g/mol. The molecule has 0 amide bonds. The van der Waals surface area contributed by atoms with E-state index in [2.05, 4.69) is 32.0 Å². The van der Waals surface area contributed by atoms with Crippen molar-refractivity contribution in [3.63, 3.8) is 0 Å². The Labute approximate surface area is 91.7 Å². The van der Waals surface area contributed by atoms with Crippen LogP contribution in [0.1, 0.15) is 30.7 Å². The van der Waals surface area contributed by atoms with Crippen LogP contribution in [0.2, 0.25) is 0 Å². The molecule has 0 aromatic carbocycles. The summed E-state index contributed by atoms with van der Waals surface area (Å²) in [4.78, 5) is 0. The molecule has 0 bridgehead atoms. The first-order valence-electron chi connectivity index (χ1n) is 4.80. The Kier molecular flexibility index (Phi) is 3.41. The highest BCUT2D eigenvalue weighted by Gasteiger charge is 2.16. The molecule has 0 saturated carbocycles. The predicted octanol–water partition coefficient (Wildman–Crippen LogP) is 3.37. The van der Waals surface area contributed by atoms with Crippen molar-refractivity contribution in [2.45, 2.75) is 25.2 Å². The molecule has 1 aromatic rings. The Bertz CT molecular complexity index is 264. The lowest BCUT2D eigenvalue weighted by Crippen LogP contribution is -2.13. The molecule has 2 heterocycles. The standard InChI is InChI=1S/C10H14BrNS/c11-10-7-13-6-9(10)8-2-1-4-12-5-3-8/h6-8,12H,1-5H2. The van der Waals surface area contributed by atoms with Gasteiger partial charge in [0, 0.05) is 9.85 Å². The molecule has 1 aromatic heterocycles. The molecule has 1 unspecified atom stereocenters. The van der Waals surface area contributed by atoms with Crippen molar-refractivity contribution in [1.29, 1.82) is 0 Å². The molecule has 1 atom stereocenters. The van der Waals surface area contributed by atoms with E-state index in [0.717, 1.165) is 5.92 Å². The summed E-state index contributed by atoms with van der Waals surface area (Å²) in [6.45, 7) is 2.37. The monoisotopic (exact) mass is 259 g/mol. The summed E-state index contributed by atoms with van der Waals surface area (Å²) in [5.41, 5.74) is 1.52. The highest BCUT2D eigenvalue weighted by atomic mass is 79.9. The van der Waals surface area contributed by atoms with Gasteiger partial charge in [0.25, 0.3) is 0 Å². The number of hydrogen-bond acceptors (Lipinski definition) is 2. The number of nitrogens with one attached hydrogen (secondary N) is 1. The van der Waals surface area contributed by atoms with Crippen LogP contribution in [-0.2, 0) is 0 Å². The minimum atomic E-state index is 0.774. The average Bonchev–Trinajstić information content (AvgIpc) is 2.43. The zero-order valence-corrected chi connectivity index (χ0v) is 9.96. The van der Waals surface area contributed by atoms with Gasteiger partial charge in [0.05, 0.1) is 0 Å². The molecule has 13 heavy (non-hydrogen) atoms. The molecule has 1 nitrogen and oxygen atoms in total. The molecule has 2 rings (SSSR count). The number of thiophene rings is 1. The first-order valence-corrected chi connectivity index (χ1v) is 6.54. The normalized spacial score (nSPS) is 24.2. The molecule has 1 saturated heterocycles. The van der Waals surface area contributed by atoms with Crippen LogP contribution >= 0.6 is 27.3 Å². The van der Waals surface area contributed by atoms with E-state index in [-0.39, 0.29) is 0 Å². The minimum absolute atomic E-state index is 0.774. The lowest BCUT2D eigenvalue weighted by Gasteiger charge is -2.12. The molecule has 0 spiro atoms. The van der Waals surface area contributed by atoms with Crippen LogP contribution in [0.4, 0.5) is 0 Å². The van der Waals surface area contributed by atoms with Crippen molar-refractivity contribution in [2.24, 2.45) is 0 Å². The van der Waals surface area contributed by atoms with E-state index in [4.69, 9.17) is 0 Å². The molecule has 0 aliphatic carbocycles. The van der Waals surface area contributed by atoms with Gasteiger partial charge in [-0.05, 0) is 65.1 Å². The maximum Gasteiger partial charge on any atom is 0.0317 e. The zero-order valence-electron chi connectivity index (χ0n) is 7.55. The van der Waals surface area contributed by atoms with Gasteiger partial charge in [-0.1, -0.05) is 0 Å². The number of rotatable bonds is 1. The van der Waals surface area contributed by atoms with Crippen LogP contribution < -0.4 is 5.32 Å². The maximum atomic E-state index is 3.62. The fourth-order valence-corrected chi connectivity index (χ4v) is 3.62. The van der Waals surface area contributed by atoms with Crippen LogP contribution in [0.15, 0.2) is 15.2 Å². The second kappa shape index (κ2) is 4.58. The van der Waals surface area contributed by atoms with E-state index in [9.17, 15) is 0 Å². The van der Waals surface area contributed by atoms with Crippen molar-refractivity contribution in [3.05, 3.63) is 20.8 Å². The highest BCUT2D eigenvalue weighted by molar-refractivity contribution is 9.10. The second-order valence-corrected chi connectivity index (χ2v) is 5.15. The average molecular weight is 260 g/mol. The van der Waals surface area contributed by atoms with Crippen molar-refractivity contribution < 1.29 is 0 Å². The summed E-state index contributed by atoms with van der Waals surface area (Å²) in [7, 11) is 0. The van der Waals surface area contributed by atoms with Gasteiger partial charge in [0.2, 0.25) is 0 Å². The lowest BCUT2D eigenvalue weighted by molar-refractivity contribution is 0.609. The molecule has 1 aliphatic rings. The fraction of sp³-hybridized carbons (Fsp3) is 0.600. The highest BCUT2D eigenvalue weighted by Crippen LogP contribution is 2.34. The molecule has 1 fully saturated rings. The van der Waals surface area contributed by atoms with Crippen LogP contribution in [-0.4, -0.2) is 13.1 Å². The van der Waals surface area contributed by atoms with E-state index in [0.29, 0.717) is 0 Å². The quantitative estimate of drug-likeness (QED) is 0.816. The summed E-state index contributed by atoms with van der Waals surface area (Å²) in [6, 6.07) is 0. The lowest BCUT2D eigenvalue weighted by atomic mass is 9.94. The third kappa shape index (κ3) is 2.33. The van der Waals surface area contributed by atoms with Crippen molar-refractivity contribution >= 4 is 27.3 Å². The van der Waals surface area contributed by atoms with E-state index in [1.165, 1.54) is 42.4 Å². The summed E-state index contributed by atoms with van der Waals surface area (Å²) in [5.74, 6) is 0.774. The van der Waals surface area contributed by atoms with Crippen molar-refractivity contribution in [1.82, 2.24) is 5.32 Å². The van der Waals surface area contributed by atoms with Gasteiger partial charge in [-0.3, -0.25) is 0 Å². The second-order valence-electron chi connectivity index (χ2n) is 3.55. The number of halogens is 1. The number of hydrogen-bond donors (Lipinski definition) is 1. The van der Waals surface area contributed by atoms with Crippen LogP contribution in [0, 0.1) is 0 Å². The topological polar surface area (TPSA) is 12.0 Å². The van der Waals surface area contributed by atoms with Gasteiger partial charge in [0.15, 0.2) is 0 Å². The van der Waals surface area contributed by atoms with Crippen LogP contribution in [0.3, 0.4) is 0 Å². The Morgan fingerprint density at radius 1 is 1.31 bits per heavy atom. The van der Waals surface area contributed by atoms with Crippen LogP contribution in [0.25, 0.3) is 0 Å². The van der Waals surface area contributed by atoms with Crippen LogP contribution in [0.5, 0.6) is 0 Å². The third-order valence-electron chi connectivity index (χ3n) is 2.66. The largest absolute Gasteiger partial charge is 0.317 e. The van der Waals surface area contributed by atoms with Gasteiger partial charge in [-0.2, -0.15) is 11.3 Å². The molecular formula is C10H14BrNS. The van der Waals surface area contributed by atoms with Gasteiger partial charge in [-0.15, -0.1) is 0 Å². The molecule has 0 radical (unpaired) electrons. The Balaban J connectivity index is 2.10. The van der Waals surface area contributed by atoms with E-state index < -0.39 is 0 Å². The van der Waals surface area contributed by atoms with Gasteiger partial charge in [-0.25, -0.2) is 0 Å². The Morgan fingerprint density at radius 3 is 3.00 bits per heavy atom. The summed E-state index contributed by atoms with van der Waals surface area (Å²) < 4.78 is 1.31. The minimum Gasteiger partial charge on any atom is -0.317 e. The van der Waals surface area contributed by atoms with Gasteiger partial charge < -0.3 is 5.32 Å². The molecule has 3 heteroatoms. The van der Waals surface area contributed by atoms with Gasteiger partial charge >= 0.3 is 0 Å². The third-order valence-corrected chi connectivity index (χ3v) is 4.41. The molecule has 72 valence electrons. The summed E-state index contributed by atoms with van der Waals surface area (Å²) in [5, 5.41) is 7.93. The van der Waals surface area contributed by atoms with E-state index in [1.807, 2.05) is 0 Å². The maximum absolute atomic E-state index is 3.62.